The van der Waals surface area contributed by atoms with E-state index in [9.17, 15) is 9.18 Å². The number of benzene rings is 1. The quantitative estimate of drug-likeness (QED) is 0.576. The Labute approximate surface area is 94.7 Å². The van der Waals surface area contributed by atoms with Crippen LogP contribution in [-0.2, 0) is 0 Å². The maximum absolute atomic E-state index is 13.1. The van der Waals surface area contributed by atoms with Gasteiger partial charge in [0, 0.05) is 0 Å². The highest BCUT2D eigenvalue weighted by Gasteiger charge is 2.15. The van der Waals surface area contributed by atoms with Gasteiger partial charge in [-0.15, -0.1) is 0 Å². The molecule has 0 N–H and O–H groups in total. The summed E-state index contributed by atoms with van der Waals surface area (Å²) in [7, 11) is 1.46. The molecule has 0 radical (unpaired) electrons. The Bertz CT molecular complexity index is 422. The normalized spacial score (nSPS) is 11.4. The van der Waals surface area contributed by atoms with Gasteiger partial charge < -0.3 is 4.74 Å². The van der Waals surface area contributed by atoms with Gasteiger partial charge in [0.15, 0.2) is 5.78 Å². The number of hydrogen-bond acceptors (Lipinski definition) is 2. The van der Waals surface area contributed by atoms with Gasteiger partial charge in [-0.3, -0.25) is 4.79 Å². The molecule has 86 valence electrons. The molecule has 1 aromatic rings. The molecule has 16 heavy (non-hydrogen) atoms. The van der Waals surface area contributed by atoms with Crippen molar-refractivity contribution in [3.63, 3.8) is 0 Å². The van der Waals surface area contributed by atoms with E-state index in [1.807, 2.05) is 6.92 Å². The molecule has 0 amide bonds. The molecule has 1 rings (SSSR count). The summed E-state index contributed by atoms with van der Waals surface area (Å²) in [5.74, 6) is -0.212. The number of ether oxygens (including phenoxy) is 1. The molecular weight excluding hydrogens is 207 g/mol. The van der Waals surface area contributed by atoms with Crippen LogP contribution >= 0.6 is 0 Å². The molecule has 0 saturated carbocycles. The third-order valence-electron chi connectivity index (χ3n) is 2.43. The zero-order valence-electron chi connectivity index (χ0n) is 9.71. The molecule has 0 aromatic heterocycles. The van der Waals surface area contributed by atoms with Crippen LogP contribution in [0.1, 0.15) is 30.6 Å². The van der Waals surface area contributed by atoms with Crippen molar-refractivity contribution in [2.75, 3.05) is 7.11 Å². The Hall–Kier alpha value is -1.64. The summed E-state index contributed by atoms with van der Waals surface area (Å²) in [6.07, 6.45) is 2.36. The van der Waals surface area contributed by atoms with Gasteiger partial charge in [0.1, 0.15) is 11.6 Å². The van der Waals surface area contributed by atoms with E-state index in [-0.39, 0.29) is 11.3 Å². The summed E-state index contributed by atoms with van der Waals surface area (Å²) in [6.45, 7) is 3.68. The Balaban J connectivity index is 3.21. The number of hydrogen-bond donors (Lipinski definition) is 0. The third-order valence-corrected chi connectivity index (χ3v) is 2.43. The minimum Gasteiger partial charge on any atom is -0.496 e. The topological polar surface area (TPSA) is 26.3 Å². The average Bonchev–Trinajstić information content (AvgIpc) is 2.30. The minimum atomic E-state index is -0.435. The molecular formula is C13H15FO2. The van der Waals surface area contributed by atoms with Crippen LogP contribution in [0.3, 0.4) is 0 Å². The van der Waals surface area contributed by atoms with Crippen molar-refractivity contribution in [1.29, 1.82) is 0 Å². The Morgan fingerprint density at radius 2 is 2.19 bits per heavy atom. The smallest absolute Gasteiger partial charge is 0.192 e. The molecule has 0 spiro atoms. The second-order valence-corrected chi connectivity index (χ2v) is 3.34. The molecule has 0 fully saturated rings. The zero-order chi connectivity index (χ0) is 12.1. The van der Waals surface area contributed by atoms with Gasteiger partial charge in [-0.2, -0.15) is 0 Å². The van der Waals surface area contributed by atoms with E-state index in [0.29, 0.717) is 17.7 Å². The molecule has 3 heteroatoms. The van der Waals surface area contributed by atoms with Crippen LogP contribution in [0, 0.1) is 5.82 Å². The van der Waals surface area contributed by atoms with Gasteiger partial charge in [-0.1, -0.05) is 13.0 Å². The zero-order valence-corrected chi connectivity index (χ0v) is 9.71. The summed E-state index contributed by atoms with van der Waals surface area (Å²) in [5, 5.41) is 0. The lowest BCUT2D eigenvalue weighted by Gasteiger charge is -2.08. The highest BCUT2D eigenvalue weighted by atomic mass is 19.1. The number of carbonyl (C=O) groups excluding carboxylic acids is 1. The van der Waals surface area contributed by atoms with E-state index < -0.39 is 5.82 Å². The van der Waals surface area contributed by atoms with Gasteiger partial charge >= 0.3 is 0 Å². The van der Waals surface area contributed by atoms with Crippen molar-refractivity contribution in [3.05, 3.63) is 41.2 Å². The van der Waals surface area contributed by atoms with Crippen LogP contribution in [0.4, 0.5) is 4.39 Å². The third kappa shape index (κ3) is 2.48. The fraction of sp³-hybridized carbons (Fsp3) is 0.308. The Morgan fingerprint density at radius 3 is 2.69 bits per heavy atom. The van der Waals surface area contributed by atoms with E-state index >= 15 is 0 Å². The van der Waals surface area contributed by atoms with E-state index in [0.717, 1.165) is 0 Å². The molecule has 1 aromatic carbocycles. The van der Waals surface area contributed by atoms with Gasteiger partial charge in [0.05, 0.1) is 12.7 Å². The number of methoxy groups -OCH3 is 1. The lowest BCUT2D eigenvalue weighted by molar-refractivity contribution is 0.102. The Morgan fingerprint density at radius 1 is 1.50 bits per heavy atom. The fourth-order valence-corrected chi connectivity index (χ4v) is 1.53. The summed E-state index contributed by atoms with van der Waals surface area (Å²) >= 11 is 0. The van der Waals surface area contributed by atoms with E-state index in [4.69, 9.17) is 4.74 Å². The highest BCUT2D eigenvalue weighted by Crippen LogP contribution is 2.23. The lowest BCUT2D eigenvalue weighted by Crippen LogP contribution is -2.05. The summed E-state index contributed by atoms with van der Waals surface area (Å²) in [6, 6.07) is 3.95. The first-order valence-electron chi connectivity index (χ1n) is 5.17. The second-order valence-electron chi connectivity index (χ2n) is 3.34. The molecule has 2 nitrogen and oxygen atoms in total. The average molecular weight is 222 g/mol. The number of rotatable bonds is 4. The van der Waals surface area contributed by atoms with Crippen molar-refractivity contribution in [3.8, 4) is 5.75 Å². The molecule has 0 unspecified atom stereocenters. The highest BCUT2D eigenvalue weighted by molar-refractivity contribution is 6.10. The lowest BCUT2D eigenvalue weighted by atomic mass is 10.0. The second kappa shape index (κ2) is 5.45. The molecule has 0 bridgehead atoms. The monoisotopic (exact) mass is 222 g/mol. The number of allylic oxidation sites excluding steroid dienone is 2. The summed E-state index contributed by atoms with van der Waals surface area (Å²) < 4.78 is 18.1. The van der Waals surface area contributed by atoms with Crippen LogP contribution in [0.2, 0.25) is 0 Å². The number of Topliss-reactive ketones (excluding diaryl/α,β-unsaturated/α-hetero) is 1. The van der Waals surface area contributed by atoms with E-state index in [1.54, 1.807) is 13.0 Å². The Kier molecular flexibility index (Phi) is 4.23. The predicted molar refractivity (Wildman–Crippen MR) is 61.3 cm³/mol. The van der Waals surface area contributed by atoms with Crippen LogP contribution in [-0.4, -0.2) is 12.9 Å². The summed E-state index contributed by atoms with van der Waals surface area (Å²) in [5.41, 5.74) is 0.932. The van der Waals surface area contributed by atoms with Crippen LogP contribution in [0.15, 0.2) is 29.8 Å². The number of halogens is 1. The maximum atomic E-state index is 13.1. The maximum Gasteiger partial charge on any atom is 0.192 e. The van der Waals surface area contributed by atoms with Crippen molar-refractivity contribution < 1.29 is 13.9 Å². The first-order valence-corrected chi connectivity index (χ1v) is 5.17. The first-order chi connectivity index (χ1) is 7.63. The van der Waals surface area contributed by atoms with Crippen LogP contribution < -0.4 is 4.74 Å². The molecule has 0 heterocycles. The molecule has 0 aliphatic rings. The van der Waals surface area contributed by atoms with Crippen molar-refractivity contribution in [2.24, 2.45) is 0 Å². The van der Waals surface area contributed by atoms with E-state index in [1.165, 1.54) is 25.3 Å². The molecule has 0 aliphatic heterocycles. The molecule has 0 saturated heterocycles. The van der Waals surface area contributed by atoms with Gasteiger partial charge in [-0.05, 0) is 37.1 Å². The van der Waals surface area contributed by atoms with Gasteiger partial charge in [-0.25, -0.2) is 4.39 Å². The van der Waals surface area contributed by atoms with Gasteiger partial charge in [0.2, 0.25) is 0 Å². The van der Waals surface area contributed by atoms with Crippen molar-refractivity contribution in [1.82, 2.24) is 0 Å². The number of ketones is 1. The largest absolute Gasteiger partial charge is 0.496 e. The molecule has 0 atom stereocenters. The first kappa shape index (κ1) is 12.4. The van der Waals surface area contributed by atoms with E-state index in [2.05, 4.69) is 0 Å². The standard InChI is InChI=1S/C13H15FO2/c1-4-9(5-2)13(15)11-8-10(14)6-7-12(11)16-3/h4,6-8H,5H2,1-3H3/b9-4-. The predicted octanol–water partition coefficient (Wildman–Crippen LogP) is 3.37. The van der Waals surface area contributed by atoms with Crippen molar-refractivity contribution in [2.45, 2.75) is 20.3 Å². The van der Waals surface area contributed by atoms with Gasteiger partial charge in [0.25, 0.3) is 0 Å². The van der Waals surface area contributed by atoms with Crippen LogP contribution in [0.25, 0.3) is 0 Å². The number of carbonyl (C=O) groups is 1. The summed E-state index contributed by atoms with van der Waals surface area (Å²) in [4.78, 5) is 12.0. The SMILES string of the molecule is C/C=C(/CC)C(=O)c1cc(F)ccc1OC. The molecule has 0 aliphatic carbocycles. The minimum absolute atomic E-state index is 0.179. The van der Waals surface area contributed by atoms with Crippen LogP contribution in [0.5, 0.6) is 5.75 Å². The van der Waals surface area contributed by atoms with Crippen molar-refractivity contribution >= 4 is 5.78 Å². The fourth-order valence-electron chi connectivity index (χ4n) is 1.53.